The molecule has 0 aliphatic carbocycles. The maximum absolute atomic E-state index is 12.3. The number of benzene rings is 2. The summed E-state index contributed by atoms with van der Waals surface area (Å²) >= 11 is 5.88. The van der Waals surface area contributed by atoms with Gasteiger partial charge in [0.15, 0.2) is 0 Å². The summed E-state index contributed by atoms with van der Waals surface area (Å²) in [4.78, 5) is 0.246. The van der Waals surface area contributed by atoms with Gasteiger partial charge in [0.2, 0.25) is 0 Å². The first-order valence-corrected chi connectivity index (χ1v) is 7.81. The Morgan fingerprint density at radius 1 is 1.10 bits per heavy atom. The van der Waals surface area contributed by atoms with Gasteiger partial charge in [-0.1, -0.05) is 29.3 Å². The molecule has 0 unspecified atom stereocenters. The van der Waals surface area contributed by atoms with Crippen LogP contribution in [0.1, 0.15) is 11.1 Å². The molecule has 106 valence electrons. The number of nitrogens with two attached hydrogens (primary N) is 1. The highest BCUT2D eigenvalue weighted by molar-refractivity contribution is 7.92. The van der Waals surface area contributed by atoms with Crippen molar-refractivity contribution in [2.45, 2.75) is 18.7 Å². The molecule has 0 fully saturated rings. The average molecular weight is 311 g/mol. The van der Waals surface area contributed by atoms with E-state index in [1.807, 2.05) is 13.0 Å². The molecule has 0 radical (unpaired) electrons. The van der Waals surface area contributed by atoms with Gasteiger partial charge >= 0.3 is 0 Å². The normalized spacial score (nSPS) is 11.3. The van der Waals surface area contributed by atoms with E-state index in [9.17, 15) is 8.42 Å². The minimum atomic E-state index is -3.64. The summed E-state index contributed by atoms with van der Waals surface area (Å²) in [5.74, 6) is 0. The van der Waals surface area contributed by atoms with Gasteiger partial charge in [0.1, 0.15) is 0 Å². The van der Waals surface area contributed by atoms with Crippen LogP contribution in [0.3, 0.4) is 0 Å². The Morgan fingerprint density at radius 2 is 1.80 bits per heavy atom. The van der Waals surface area contributed by atoms with Gasteiger partial charge in [-0.3, -0.25) is 4.72 Å². The van der Waals surface area contributed by atoms with Crippen molar-refractivity contribution < 1.29 is 8.42 Å². The Balaban J connectivity index is 2.38. The lowest BCUT2D eigenvalue weighted by Crippen LogP contribution is -2.14. The predicted molar refractivity (Wildman–Crippen MR) is 82.6 cm³/mol. The molecule has 0 aromatic heterocycles. The predicted octanol–water partition coefficient (Wildman–Crippen LogP) is 3.34. The first-order valence-electron chi connectivity index (χ1n) is 5.95. The highest BCUT2D eigenvalue weighted by atomic mass is 35.5. The third-order valence-electron chi connectivity index (χ3n) is 2.87. The second kappa shape index (κ2) is 5.34. The number of halogens is 1. The third-order valence-corrected chi connectivity index (χ3v) is 4.74. The lowest BCUT2D eigenvalue weighted by atomic mass is 10.2. The van der Waals surface area contributed by atoms with Gasteiger partial charge < -0.3 is 5.73 Å². The second-order valence-electron chi connectivity index (χ2n) is 4.61. The highest BCUT2D eigenvalue weighted by Crippen LogP contribution is 2.25. The molecule has 2 aromatic carbocycles. The number of nitrogen functional groups attached to an aromatic ring is 1. The van der Waals surface area contributed by atoms with Crippen molar-refractivity contribution in [3.63, 3.8) is 0 Å². The van der Waals surface area contributed by atoms with Crippen molar-refractivity contribution in [3.05, 3.63) is 52.5 Å². The van der Waals surface area contributed by atoms with Crippen LogP contribution in [0.2, 0.25) is 5.02 Å². The molecule has 0 aliphatic heterocycles. The molecule has 4 nitrogen and oxygen atoms in total. The Bertz CT molecular complexity index is 758. The number of sulfonamides is 1. The first kappa shape index (κ1) is 14.7. The van der Waals surface area contributed by atoms with Crippen molar-refractivity contribution in [1.29, 1.82) is 0 Å². The van der Waals surface area contributed by atoms with Gasteiger partial charge in [-0.2, -0.15) is 0 Å². The summed E-state index contributed by atoms with van der Waals surface area (Å²) in [6, 6.07) is 9.79. The summed E-state index contributed by atoms with van der Waals surface area (Å²) in [6.07, 6.45) is 0. The number of hydrogen-bond donors (Lipinski definition) is 2. The van der Waals surface area contributed by atoms with Crippen LogP contribution >= 0.6 is 11.6 Å². The van der Waals surface area contributed by atoms with Crippen LogP contribution in [0.15, 0.2) is 41.3 Å². The van der Waals surface area contributed by atoms with Crippen molar-refractivity contribution in [1.82, 2.24) is 0 Å². The lowest BCUT2D eigenvalue weighted by molar-refractivity contribution is 0.600. The molecular weight excluding hydrogens is 296 g/mol. The van der Waals surface area contributed by atoms with Gasteiger partial charge in [-0.25, -0.2) is 8.42 Å². The van der Waals surface area contributed by atoms with Crippen molar-refractivity contribution >= 4 is 33.0 Å². The van der Waals surface area contributed by atoms with Crippen LogP contribution in [-0.4, -0.2) is 8.42 Å². The summed E-state index contributed by atoms with van der Waals surface area (Å²) in [6.45, 7) is 3.67. The largest absolute Gasteiger partial charge is 0.398 e. The lowest BCUT2D eigenvalue weighted by Gasteiger charge is -2.11. The molecule has 0 amide bonds. The summed E-state index contributed by atoms with van der Waals surface area (Å²) in [7, 11) is -3.64. The molecule has 0 heterocycles. The van der Waals surface area contributed by atoms with Gasteiger partial charge in [0.25, 0.3) is 10.0 Å². The highest BCUT2D eigenvalue weighted by Gasteiger charge is 2.17. The van der Waals surface area contributed by atoms with Crippen molar-refractivity contribution in [2.24, 2.45) is 0 Å². The van der Waals surface area contributed by atoms with E-state index in [0.717, 1.165) is 5.56 Å². The molecule has 0 bridgehead atoms. The van der Waals surface area contributed by atoms with E-state index < -0.39 is 10.0 Å². The minimum Gasteiger partial charge on any atom is -0.398 e. The van der Waals surface area contributed by atoms with E-state index in [0.29, 0.717) is 22.0 Å². The molecule has 20 heavy (non-hydrogen) atoms. The van der Waals surface area contributed by atoms with Crippen LogP contribution in [0, 0.1) is 13.8 Å². The van der Waals surface area contributed by atoms with Crippen LogP contribution in [0.5, 0.6) is 0 Å². The molecule has 2 rings (SSSR count). The second-order valence-corrected chi connectivity index (χ2v) is 6.67. The third kappa shape index (κ3) is 3.05. The zero-order valence-electron chi connectivity index (χ0n) is 11.1. The molecule has 0 saturated heterocycles. The molecule has 0 spiro atoms. The van der Waals surface area contributed by atoms with Gasteiger partial charge in [0, 0.05) is 0 Å². The van der Waals surface area contributed by atoms with Crippen molar-refractivity contribution in [2.75, 3.05) is 10.5 Å². The zero-order chi connectivity index (χ0) is 14.9. The van der Waals surface area contributed by atoms with Gasteiger partial charge in [-0.05, 0) is 43.7 Å². The van der Waals surface area contributed by atoms with Crippen molar-refractivity contribution in [3.8, 4) is 0 Å². The van der Waals surface area contributed by atoms with Crippen LogP contribution in [-0.2, 0) is 10.0 Å². The Morgan fingerprint density at radius 3 is 2.40 bits per heavy atom. The number of nitrogens with one attached hydrogen (secondary N) is 1. The van der Waals surface area contributed by atoms with Crippen LogP contribution < -0.4 is 10.5 Å². The SMILES string of the molecule is Cc1ccc(S(=O)(=O)Nc2ccc(N)c(Cl)c2)c(C)c1. The monoisotopic (exact) mass is 310 g/mol. The molecule has 0 aliphatic rings. The topological polar surface area (TPSA) is 72.2 Å². The fourth-order valence-electron chi connectivity index (χ4n) is 1.90. The average Bonchev–Trinajstić information content (AvgIpc) is 2.33. The Kier molecular flexibility index (Phi) is 3.92. The fourth-order valence-corrected chi connectivity index (χ4v) is 3.36. The molecule has 6 heteroatoms. The first-order chi connectivity index (χ1) is 9.29. The van der Waals surface area contributed by atoms with E-state index in [2.05, 4.69) is 4.72 Å². The molecule has 0 atom stereocenters. The smallest absolute Gasteiger partial charge is 0.262 e. The summed E-state index contributed by atoms with van der Waals surface area (Å²) in [5.41, 5.74) is 8.08. The minimum absolute atomic E-state index is 0.246. The van der Waals surface area contributed by atoms with E-state index >= 15 is 0 Å². The number of hydrogen-bond acceptors (Lipinski definition) is 3. The Hall–Kier alpha value is -1.72. The van der Waals surface area contributed by atoms with E-state index in [1.165, 1.54) is 6.07 Å². The molecular formula is C14H15ClN2O2S. The zero-order valence-corrected chi connectivity index (χ0v) is 12.7. The number of aryl methyl sites for hydroxylation is 2. The van der Waals surface area contributed by atoms with E-state index in [4.69, 9.17) is 17.3 Å². The molecule has 0 saturated carbocycles. The Labute approximate surface area is 123 Å². The van der Waals surface area contributed by atoms with Crippen LogP contribution in [0.25, 0.3) is 0 Å². The number of anilines is 2. The number of rotatable bonds is 3. The van der Waals surface area contributed by atoms with Gasteiger partial charge in [-0.15, -0.1) is 0 Å². The van der Waals surface area contributed by atoms with Gasteiger partial charge in [0.05, 0.1) is 21.3 Å². The van der Waals surface area contributed by atoms with Crippen LogP contribution in [0.4, 0.5) is 11.4 Å². The maximum atomic E-state index is 12.3. The van der Waals surface area contributed by atoms with E-state index in [1.54, 1.807) is 31.2 Å². The summed E-state index contributed by atoms with van der Waals surface area (Å²) < 4.78 is 27.2. The quantitative estimate of drug-likeness (QED) is 0.854. The summed E-state index contributed by atoms with van der Waals surface area (Å²) in [5, 5.41) is 0.311. The fraction of sp³-hybridized carbons (Fsp3) is 0.143. The molecule has 3 N–H and O–H groups in total. The standard InChI is InChI=1S/C14H15ClN2O2S/c1-9-3-6-14(10(2)7-9)20(18,19)17-11-4-5-13(16)12(15)8-11/h3-8,17H,16H2,1-2H3. The van der Waals surface area contributed by atoms with E-state index in [-0.39, 0.29) is 4.90 Å². The maximum Gasteiger partial charge on any atom is 0.262 e. The molecule has 2 aromatic rings.